The Hall–Kier alpha value is -1.15. The van der Waals surface area contributed by atoms with Crippen LogP contribution in [0.25, 0.3) is 0 Å². The molecule has 1 atom stereocenters. The third-order valence-corrected chi connectivity index (χ3v) is 4.31. The summed E-state index contributed by atoms with van der Waals surface area (Å²) in [4.78, 5) is 0. The Morgan fingerprint density at radius 3 is 2.48 bits per heavy atom. The highest BCUT2D eigenvalue weighted by Gasteiger charge is 2.13. The summed E-state index contributed by atoms with van der Waals surface area (Å²) in [6.45, 7) is 2.51. The van der Waals surface area contributed by atoms with Crippen molar-refractivity contribution in [1.82, 2.24) is 5.32 Å². The summed E-state index contributed by atoms with van der Waals surface area (Å²) in [6.07, 6.45) is 0.871. The van der Waals surface area contributed by atoms with Gasteiger partial charge in [-0.05, 0) is 43.2 Å². The minimum Gasteiger partial charge on any atom is -0.447 e. The van der Waals surface area contributed by atoms with Crippen molar-refractivity contribution in [3.8, 4) is 0 Å². The molecule has 0 bridgehead atoms. The first-order chi connectivity index (χ1) is 9.84. The van der Waals surface area contributed by atoms with Crippen molar-refractivity contribution >= 4 is 26.0 Å². The number of benzene rings is 1. The van der Waals surface area contributed by atoms with Gasteiger partial charge in [0.1, 0.15) is 5.76 Å². The first kappa shape index (κ1) is 16.2. The maximum atomic E-state index is 11.1. The molecule has 21 heavy (non-hydrogen) atoms. The Morgan fingerprint density at radius 1 is 1.24 bits per heavy atom. The number of nitrogens with one attached hydrogen (secondary N) is 1. The van der Waals surface area contributed by atoms with Gasteiger partial charge in [-0.25, -0.2) is 13.6 Å². The fourth-order valence-corrected chi connectivity index (χ4v) is 2.67. The molecule has 2 rings (SSSR count). The minimum atomic E-state index is -3.77. The quantitative estimate of drug-likeness (QED) is 0.814. The number of hydrogen-bond donors (Lipinski definition) is 2. The molecule has 0 fully saturated rings. The lowest BCUT2D eigenvalue weighted by Crippen LogP contribution is -2.27. The summed E-state index contributed by atoms with van der Waals surface area (Å²) in [7, 11) is -3.77. The molecule has 2 aromatic rings. The van der Waals surface area contributed by atoms with Crippen molar-refractivity contribution < 1.29 is 12.8 Å². The summed E-state index contributed by atoms with van der Waals surface area (Å²) in [6, 6.07) is 11.3. The Balaban J connectivity index is 1.88. The van der Waals surface area contributed by atoms with Crippen LogP contribution < -0.4 is 10.5 Å². The number of nitrogens with two attached hydrogens (primary N) is 1. The fourth-order valence-electron chi connectivity index (χ4n) is 1.93. The van der Waals surface area contributed by atoms with Gasteiger partial charge in [0.25, 0.3) is 10.0 Å². The molecule has 0 saturated carbocycles. The zero-order valence-electron chi connectivity index (χ0n) is 11.5. The van der Waals surface area contributed by atoms with Crippen LogP contribution in [0.2, 0.25) is 0 Å². The average molecular weight is 373 g/mol. The summed E-state index contributed by atoms with van der Waals surface area (Å²) < 4.78 is 28.5. The minimum absolute atomic E-state index is 0.208. The first-order valence-electron chi connectivity index (χ1n) is 6.44. The average Bonchev–Trinajstić information content (AvgIpc) is 2.88. The third-order valence-electron chi connectivity index (χ3n) is 3.00. The van der Waals surface area contributed by atoms with Gasteiger partial charge < -0.3 is 9.73 Å². The van der Waals surface area contributed by atoms with Crippen molar-refractivity contribution in [3.05, 3.63) is 52.2 Å². The van der Waals surface area contributed by atoms with E-state index in [-0.39, 0.29) is 11.1 Å². The van der Waals surface area contributed by atoms with Crippen molar-refractivity contribution in [2.45, 2.75) is 31.0 Å². The van der Waals surface area contributed by atoms with E-state index in [9.17, 15) is 8.42 Å². The third kappa shape index (κ3) is 4.96. The number of sulfonamides is 1. The molecule has 0 spiro atoms. The molecular weight excluding hydrogens is 356 g/mol. The van der Waals surface area contributed by atoms with Gasteiger partial charge in [0.15, 0.2) is 0 Å². The van der Waals surface area contributed by atoms with E-state index in [1.807, 2.05) is 12.1 Å². The highest BCUT2D eigenvalue weighted by molar-refractivity contribution is 9.10. The smallest absolute Gasteiger partial charge is 0.271 e. The molecule has 0 aliphatic carbocycles. The lowest BCUT2D eigenvalue weighted by Gasteiger charge is -2.13. The molecule has 1 unspecified atom stereocenters. The second-order valence-corrected chi connectivity index (χ2v) is 7.29. The second kappa shape index (κ2) is 6.74. The number of hydrogen-bond acceptors (Lipinski definition) is 4. The van der Waals surface area contributed by atoms with Gasteiger partial charge in [-0.3, -0.25) is 0 Å². The molecule has 0 aliphatic heterocycles. The van der Waals surface area contributed by atoms with Crippen molar-refractivity contribution in [1.29, 1.82) is 0 Å². The van der Waals surface area contributed by atoms with Crippen LogP contribution >= 0.6 is 15.9 Å². The lowest BCUT2D eigenvalue weighted by atomic mass is 10.1. The predicted octanol–water partition coefficient (Wildman–Crippen LogP) is 2.41. The number of halogens is 1. The molecule has 7 heteroatoms. The lowest BCUT2D eigenvalue weighted by molar-refractivity contribution is 0.391. The molecule has 3 N–H and O–H groups in total. The second-order valence-electron chi connectivity index (χ2n) is 4.88. The summed E-state index contributed by atoms with van der Waals surface area (Å²) in [5.41, 5.74) is 1.22. The standard InChI is InChI=1S/C14H17BrN2O3S/c1-10(8-11-2-4-12(15)5-3-11)17-9-13-6-7-14(20-13)21(16,18)19/h2-7,10,17H,8-9H2,1H3,(H2,16,18,19). The molecule has 114 valence electrons. The molecule has 5 nitrogen and oxygen atoms in total. The van der Waals surface area contributed by atoms with Crippen molar-refractivity contribution in [2.24, 2.45) is 5.14 Å². The van der Waals surface area contributed by atoms with Crippen LogP contribution in [0.4, 0.5) is 0 Å². The van der Waals surface area contributed by atoms with E-state index >= 15 is 0 Å². The number of primary sulfonamides is 1. The van der Waals surface area contributed by atoms with Gasteiger partial charge in [0.05, 0.1) is 6.54 Å². The highest BCUT2D eigenvalue weighted by Crippen LogP contribution is 2.14. The van der Waals surface area contributed by atoms with Gasteiger partial charge in [-0.1, -0.05) is 28.1 Å². The molecule has 1 heterocycles. The Morgan fingerprint density at radius 2 is 1.90 bits per heavy atom. The SMILES string of the molecule is CC(Cc1ccc(Br)cc1)NCc1ccc(S(N)(=O)=O)o1. The zero-order chi connectivity index (χ0) is 15.5. The molecule has 1 aromatic carbocycles. The van der Waals surface area contributed by atoms with Crippen LogP contribution in [0.15, 0.2) is 50.4 Å². The fraction of sp³-hybridized carbons (Fsp3) is 0.286. The highest BCUT2D eigenvalue weighted by atomic mass is 79.9. The van der Waals surface area contributed by atoms with E-state index in [1.54, 1.807) is 6.07 Å². The molecule has 0 radical (unpaired) electrons. The molecule has 1 aromatic heterocycles. The Kier molecular flexibility index (Phi) is 5.21. The first-order valence-corrected chi connectivity index (χ1v) is 8.78. The van der Waals surface area contributed by atoms with Crippen molar-refractivity contribution in [3.63, 3.8) is 0 Å². The van der Waals surface area contributed by atoms with Gasteiger partial charge >= 0.3 is 0 Å². The number of rotatable bonds is 6. The van der Waals surface area contributed by atoms with E-state index in [0.29, 0.717) is 12.3 Å². The van der Waals surface area contributed by atoms with Gasteiger partial charge in [0, 0.05) is 10.5 Å². The van der Waals surface area contributed by atoms with Crippen molar-refractivity contribution in [2.75, 3.05) is 0 Å². The van der Waals surface area contributed by atoms with Gasteiger partial charge in [0.2, 0.25) is 5.09 Å². The molecule has 0 amide bonds. The van der Waals surface area contributed by atoms with Crippen LogP contribution in [-0.4, -0.2) is 14.5 Å². The Labute approximate surface area is 132 Å². The van der Waals surface area contributed by atoms with Crippen LogP contribution in [0.5, 0.6) is 0 Å². The normalized spacial score (nSPS) is 13.3. The molecule has 0 aliphatic rings. The number of furan rings is 1. The zero-order valence-corrected chi connectivity index (χ0v) is 13.9. The molecular formula is C14H17BrN2O3S. The molecule has 0 saturated heterocycles. The van der Waals surface area contributed by atoms with Crippen LogP contribution in [0.3, 0.4) is 0 Å². The predicted molar refractivity (Wildman–Crippen MR) is 84.2 cm³/mol. The summed E-state index contributed by atoms with van der Waals surface area (Å²) >= 11 is 3.40. The monoisotopic (exact) mass is 372 g/mol. The summed E-state index contributed by atoms with van der Waals surface area (Å²) in [5, 5.41) is 8.07. The van der Waals surface area contributed by atoms with Crippen LogP contribution in [0, 0.1) is 0 Å². The largest absolute Gasteiger partial charge is 0.447 e. The maximum Gasteiger partial charge on any atom is 0.271 e. The van der Waals surface area contributed by atoms with E-state index in [2.05, 4.69) is 40.3 Å². The van der Waals surface area contributed by atoms with Crippen LogP contribution in [-0.2, 0) is 23.0 Å². The summed E-state index contributed by atoms with van der Waals surface area (Å²) in [5.74, 6) is 0.543. The van der Waals surface area contributed by atoms with E-state index in [1.165, 1.54) is 11.6 Å². The Bertz CT molecular complexity index is 695. The topological polar surface area (TPSA) is 85.3 Å². The van der Waals surface area contributed by atoms with Crippen LogP contribution in [0.1, 0.15) is 18.2 Å². The maximum absolute atomic E-state index is 11.1. The van der Waals surface area contributed by atoms with Gasteiger partial charge in [-0.15, -0.1) is 0 Å². The van der Waals surface area contributed by atoms with E-state index in [4.69, 9.17) is 9.56 Å². The van der Waals surface area contributed by atoms with E-state index in [0.717, 1.165) is 10.9 Å². The van der Waals surface area contributed by atoms with Gasteiger partial charge in [-0.2, -0.15) is 0 Å². The van der Waals surface area contributed by atoms with E-state index < -0.39 is 10.0 Å².